The summed E-state index contributed by atoms with van der Waals surface area (Å²) in [6.45, 7) is 3.18. The van der Waals surface area contributed by atoms with Crippen LogP contribution in [0.5, 0.6) is 17.2 Å². The fourth-order valence-electron chi connectivity index (χ4n) is 4.30. The maximum absolute atomic E-state index is 14.3. The summed E-state index contributed by atoms with van der Waals surface area (Å²) in [5.41, 5.74) is -1.07. The highest BCUT2D eigenvalue weighted by Crippen LogP contribution is 2.38. The Hall–Kier alpha value is -4.06. The molecule has 0 bridgehead atoms. The molecule has 0 radical (unpaired) electrons. The number of nitrogens with zero attached hydrogens (tertiary/aromatic N) is 4. The first-order chi connectivity index (χ1) is 23.2. The maximum Gasteiger partial charge on any atom is 0.416 e. The molecule has 0 unspecified atom stereocenters. The van der Waals surface area contributed by atoms with Crippen molar-refractivity contribution < 1.29 is 41.5 Å². The second-order valence-electron chi connectivity index (χ2n) is 9.88. The number of alkyl halides is 3. The Morgan fingerprint density at radius 3 is 2.41 bits per heavy atom. The summed E-state index contributed by atoms with van der Waals surface area (Å²) >= 11 is 14.0. The van der Waals surface area contributed by atoms with E-state index in [9.17, 15) is 37.3 Å². The number of hydrogen-bond donors (Lipinski definition) is 0. The summed E-state index contributed by atoms with van der Waals surface area (Å²) < 4.78 is 70.6. The lowest BCUT2D eigenvalue weighted by Gasteiger charge is -2.15. The number of esters is 1. The summed E-state index contributed by atoms with van der Waals surface area (Å²) in [5, 5.41) is 10.9. The molecule has 11 nitrogen and oxygen atoms in total. The van der Waals surface area contributed by atoms with E-state index >= 15 is 0 Å². The normalized spacial score (nSPS) is 12.9. The van der Waals surface area contributed by atoms with Crippen molar-refractivity contribution in [1.29, 1.82) is 0 Å². The summed E-state index contributed by atoms with van der Waals surface area (Å²) in [7, 11) is 1.30. The predicted octanol–water partition coefficient (Wildman–Crippen LogP) is 8.25. The van der Waals surface area contributed by atoms with Crippen LogP contribution in [-0.4, -0.2) is 39.7 Å². The molecule has 0 fully saturated rings. The van der Waals surface area contributed by atoms with Crippen LogP contribution in [0.4, 0.5) is 28.9 Å². The number of methoxy groups -OCH3 is 1. The number of nitro groups is 1. The van der Waals surface area contributed by atoms with Crippen molar-refractivity contribution in [3.8, 4) is 17.2 Å². The number of nitro benzene ring substituents is 1. The zero-order valence-electron chi connectivity index (χ0n) is 25.6. The highest BCUT2D eigenvalue weighted by atomic mass is 35.5. The van der Waals surface area contributed by atoms with Gasteiger partial charge >= 0.3 is 22.7 Å². The molecule has 0 spiro atoms. The number of carbonyl (C=O) groups excluding carboxylic acids is 1. The molecule has 262 valence electrons. The van der Waals surface area contributed by atoms with E-state index in [1.54, 1.807) is 16.3 Å². The Kier molecular flexibility index (Phi) is 12.8. The minimum atomic E-state index is -4.52. The van der Waals surface area contributed by atoms with E-state index in [0.29, 0.717) is 22.8 Å². The third kappa shape index (κ3) is 9.77. The van der Waals surface area contributed by atoms with Crippen LogP contribution in [0.2, 0.25) is 10.0 Å². The van der Waals surface area contributed by atoms with Crippen LogP contribution in [0.3, 0.4) is 0 Å². The minimum absolute atomic E-state index is 0.0111. The van der Waals surface area contributed by atoms with Crippen LogP contribution in [0.25, 0.3) is 0 Å². The number of hydrogen-bond acceptors (Lipinski definition) is 10. The number of aromatic nitrogens is 2. The standard InChI is InChI=1S/C15H11ClF3NO4.C15H15ClFN3O3S2/c1-2-23-14-8-10(4-5-12(14)20(21)22)24-13-6-3-9(7-11(13)16)15(17,18)19;1-23-13(21)8-24-12-7-11(10(17)6-9(12)16)18-14-19-4-2-3-5-20(19)15(22)25-14/h3-8H,2H2,1H3;6-7H,2-5,8H2,1H3. The number of carbonyl (C=O) groups is 1. The van der Waals surface area contributed by atoms with Gasteiger partial charge in [-0.2, -0.15) is 13.2 Å². The van der Waals surface area contributed by atoms with Crippen molar-refractivity contribution >= 4 is 63.6 Å². The van der Waals surface area contributed by atoms with Gasteiger partial charge in [0.05, 0.1) is 40.0 Å². The average molecular weight is 766 g/mol. The van der Waals surface area contributed by atoms with Crippen LogP contribution < -0.4 is 19.1 Å². The largest absolute Gasteiger partial charge is 0.487 e. The molecule has 19 heteroatoms. The van der Waals surface area contributed by atoms with Crippen molar-refractivity contribution in [3.63, 3.8) is 0 Å². The fourth-order valence-corrected chi connectivity index (χ4v) is 6.50. The summed E-state index contributed by atoms with van der Waals surface area (Å²) in [4.78, 5) is 38.8. The molecular formula is C30H26Cl2F4N4O7S2. The molecule has 0 N–H and O–H groups in total. The molecule has 49 heavy (non-hydrogen) atoms. The number of halogens is 6. The van der Waals surface area contributed by atoms with E-state index in [0.717, 1.165) is 60.2 Å². The van der Waals surface area contributed by atoms with Crippen molar-refractivity contribution in [2.45, 2.75) is 43.9 Å². The summed E-state index contributed by atoms with van der Waals surface area (Å²) in [6, 6.07) is 9.04. The smallest absolute Gasteiger partial charge is 0.416 e. The molecule has 1 aliphatic rings. The number of thioether (sulfide) groups is 1. The van der Waals surface area contributed by atoms with E-state index in [1.807, 2.05) is 0 Å². The van der Waals surface area contributed by atoms with Gasteiger partial charge in [-0.15, -0.1) is 11.8 Å². The zero-order chi connectivity index (χ0) is 35.9. The van der Waals surface area contributed by atoms with E-state index in [2.05, 4.69) is 9.73 Å². The second kappa shape index (κ2) is 16.6. The Balaban J connectivity index is 0.000000221. The van der Waals surface area contributed by atoms with Crippen LogP contribution in [-0.2, 0) is 28.8 Å². The van der Waals surface area contributed by atoms with Gasteiger partial charge in [-0.25, -0.2) is 14.1 Å². The van der Waals surface area contributed by atoms with Crippen LogP contribution in [0, 0.1) is 15.9 Å². The number of ether oxygens (including phenoxy) is 3. The van der Waals surface area contributed by atoms with Gasteiger partial charge in [0.15, 0.2) is 0 Å². The topological polar surface area (TPSA) is 127 Å². The molecule has 4 aromatic rings. The third-order valence-corrected chi connectivity index (χ3v) is 9.22. The Labute approximate surface area is 293 Å². The molecule has 1 aromatic heterocycles. The lowest BCUT2D eigenvalue weighted by Crippen LogP contribution is -2.31. The van der Waals surface area contributed by atoms with E-state index in [4.69, 9.17) is 32.7 Å². The van der Waals surface area contributed by atoms with Gasteiger partial charge in [0.2, 0.25) is 10.6 Å². The molecule has 1 aliphatic heterocycles. The SMILES string of the molecule is CCOc1cc(Oc2ccc(C(F)(F)F)cc2Cl)ccc1[N+](=O)[O-].COC(=O)CSc1cc(N=c2sc(=O)n3n2CCCC3)c(F)cc1Cl. The summed E-state index contributed by atoms with van der Waals surface area (Å²) in [6.07, 6.45) is -2.62. The van der Waals surface area contributed by atoms with E-state index in [1.165, 1.54) is 31.4 Å². The minimum Gasteiger partial charge on any atom is -0.487 e. The maximum atomic E-state index is 14.3. The number of rotatable bonds is 9. The lowest BCUT2D eigenvalue weighted by atomic mass is 10.2. The van der Waals surface area contributed by atoms with E-state index < -0.39 is 28.4 Å². The van der Waals surface area contributed by atoms with Crippen molar-refractivity contribution in [1.82, 2.24) is 9.36 Å². The molecule has 0 aliphatic carbocycles. The monoisotopic (exact) mass is 764 g/mol. The van der Waals surface area contributed by atoms with E-state index in [-0.39, 0.29) is 55.9 Å². The number of benzene rings is 3. The molecule has 0 saturated heterocycles. The summed E-state index contributed by atoms with van der Waals surface area (Å²) in [5.74, 6) is -0.803. The molecule has 0 amide bonds. The average Bonchev–Trinajstić information content (AvgIpc) is 3.37. The van der Waals surface area contributed by atoms with Crippen molar-refractivity contribution in [3.05, 3.63) is 94.5 Å². The highest BCUT2D eigenvalue weighted by Gasteiger charge is 2.31. The quantitative estimate of drug-likeness (QED) is 0.0548. The zero-order valence-corrected chi connectivity index (χ0v) is 28.7. The van der Waals surface area contributed by atoms with Gasteiger partial charge in [0.1, 0.15) is 23.0 Å². The predicted molar refractivity (Wildman–Crippen MR) is 176 cm³/mol. The first kappa shape index (κ1) is 37.8. The van der Waals surface area contributed by atoms with Gasteiger partial charge < -0.3 is 14.2 Å². The van der Waals surface area contributed by atoms with Gasteiger partial charge in [0.25, 0.3) is 0 Å². The third-order valence-electron chi connectivity index (χ3n) is 6.60. The Bertz CT molecular complexity index is 1980. The molecular weight excluding hydrogens is 739 g/mol. The molecule has 3 aromatic carbocycles. The Morgan fingerprint density at radius 1 is 1.06 bits per heavy atom. The molecule has 5 rings (SSSR count). The van der Waals surface area contributed by atoms with Crippen molar-refractivity contribution in [2.75, 3.05) is 19.5 Å². The van der Waals surface area contributed by atoms with Crippen molar-refractivity contribution in [2.24, 2.45) is 4.99 Å². The molecule has 0 atom stereocenters. The van der Waals surface area contributed by atoms with Gasteiger partial charge in [-0.3, -0.25) is 24.4 Å². The van der Waals surface area contributed by atoms with Crippen LogP contribution in [0.1, 0.15) is 25.3 Å². The first-order valence-electron chi connectivity index (χ1n) is 14.2. The molecule has 0 saturated carbocycles. The van der Waals surface area contributed by atoms with Crippen LogP contribution in [0.15, 0.2) is 63.2 Å². The van der Waals surface area contributed by atoms with Gasteiger partial charge in [0, 0.05) is 30.1 Å². The highest BCUT2D eigenvalue weighted by molar-refractivity contribution is 8.00. The van der Waals surface area contributed by atoms with Crippen LogP contribution >= 0.6 is 46.3 Å². The lowest BCUT2D eigenvalue weighted by molar-refractivity contribution is -0.385. The Morgan fingerprint density at radius 2 is 1.78 bits per heavy atom. The van der Waals surface area contributed by atoms with Gasteiger partial charge in [-0.05, 0) is 67.5 Å². The second-order valence-corrected chi connectivity index (χ2v) is 12.6. The number of fused-ring (bicyclic) bond motifs is 1. The van der Waals surface area contributed by atoms with Gasteiger partial charge in [-0.1, -0.05) is 23.2 Å². The first-order valence-corrected chi connectivity index (χ1v) is 16.8. The molecule has 2 heterocycles. The fraction of sp³-hybridized carbons (Fsp3) is 0.300.